The van der Waals surface area contributed by atoms with Gasteiger partial charge < -0.3 is 9.84 Å². The van der Waals surface area contributed by atoms with Crippen LogP contribution in [-0.2, 0) is 9.53 Å². The van der Waals surface area contributed by atoms with Crippen molar-refractivity contribution < 1.29 is 14.6 Å². The Kier molecular flexibility index (Phi) is 5.51. The minimum absolute atomic E-state index is 0.0691. The van der Waals surface area contributed by atoms with E-state index in [4.69, 9.17) is 4.74 Å². The van der Waals surface area contributed by atoms with Crippen molar-refractivity contribution in [1.82, 2.24) is 4.90 Å². The summed E-state index contributed by atoms with van der Waals surface area (Å²) in [5.74, 6) is -0.924. The number of rotatable bonds is 6. The average molecular weight is 373 g/mol. The molecule has 0 saturated carbocycles. The summed E-state index contributed by atoms with van der Waals surface area (Å²) < 4.78 is 6.27. The summed E-state index contributed by atoms with van der Waals surface area (Å²) in [6.07, 6.45) is -0.355. The Morgan fingerprint density at radius 2 is 1.39 bits per heavy atom. The molecule has 0 spiro atoms. The van der Waals surface area contributed by atoms with Crippen LogP contribution in [0.25, 0.3) is 0 Å². The Labute approximate surface area is 165 Å². The Morgan fingerprint density at radius 1 is 0.893 bits per heavy atom. The summed E-state index contributed by atoms with van der Waals surface area (Å²) in [4.78, 5) is 13.7. The van der Waals surface area contributed by atoms with E-state index in [1.54, 1.807) is 0 Å². The summed E-state index contributed by atoms with van der Waals surface area (Å²) >= 11 is 0. The van der Waals surface area contributed by atoms with Crippen molar-refractivity contribution in [2.75, 3.05) is 13.2 Å². The Morgan fingerprint density at radius 3 is 1.89 bits per heavy atom. The first-order valence-electron chi connectivity index (χ1n) is 9.48. The van der Waals surface area contributed by atoms with Gasteiger partial charge in [0, 0.05) is 5.92 Å². The van der Waals surface area contributed by atoms with Crippen molar-refractivity contribution in [3.8, 4) is 0 Å². The SMILES string of the molecule is O=C(O)CN1C(C(c2ccccc2)c2ccccc2)OC[C@H]1c1ccccc1. The van der Waals surface area contributed by atoms with Crippen LogP contribution in [0.15, 0.2) is 91.0 Å². The van der Waals surface area contributed by atoms with E-state index in [0.29, 0.717) is 6.61 Å². The molecule has 1 aliphatic heterocycles. The normalized spacial score (nSPS) is 19.8. The van der Waals surface area contributed by atoms with Gasteiger partial charge in [-0.1, -0.05) is 91.0 Å². The average Bonchev–Trinajstić information content (AvgIpc) is 3.13. The summed E-state index contributed by atoms with van der Waals surface area (Å²) in [6.45, 7) is 0.401. The number of benzene rings is 3. The number of carboxylic acids is 1. The molecule has 4 rings (SSSR count). The molecule has 142 valence electrons. The van der Waals surface area contributed by atoms with Gasteiger partial charge in [-0.15, -0.1) is 0 Å². The molecule has 3 aromatic rings. The Balaban J connectivity index is 1.75. The molecule has 1 fully saturated rings. The maximum atomic E-state index is 11.7. The third-order valence-electron chi connectivity index (χ3n) is 5.26. The third-order valence-corrected chi connectivity index (χ3v) is 5.26. The standard InChI is InChI=1S/C24H23NO3/c26-22(27)16-25-21(18-10-4-1-5-11-18)17-28-24(25)23(19-12-6-2-7-13-19)20-14-8-3-9-15-20/h1-15,21,23-24H,16-17H2,(H,26,27)/t21-,24?/m0/s1. The smallest absolute Gasteiger partial charge is 0.317 e. The van der Waals surface area contributed by atoms with Crippen molar-refractivity contribution in [1.29, 1.82) is 0 Å². The zero-order chi connectivity index (χ0) is 19.3. The molecule has 0 radical (unpaired) electrons. The van der Waals surface area contributed by atoms with Crippen LogP contribution in [0, 0.1) is 0 Å². The highest BCUT2D eigenvalue weighted by molar-refractivity contribution is 5.69. The van der Waals surface area contributed by atoms with Crippen LogP contribution in [-0.4, -0.2) is 35.4 Å². The molecule has 4 heteroatoms. The first kappa shape index (κ1) is 18.4. The van der Waals surface area contributed by atoms with E-state index in [0.717, 1.165) is 16.7 Å². The number of ether oxygens (including phenoxy) is 1. The van der Waals surface area contributed by atoms with Gasteiger partial charge >= 0.3 is 5.97 Å². The topological polar surface area (TPSA) is 49.8 Å². The van der Waals surface area contributed by atoms with Gasteiger partial charge in [0.2, 0.25) is 0 Å². The van der Waals surface area contributed by atoms with E-state index in [9.17, 15) is 9.90 Å². The second-order valence-electron chi connectivity index (χ2n) is 7.02. The summed E-state index contributed by atoms with van der Waals surface area (Å²) in [6, 6.07) is 30.2. The van der Waals surface area contributed by atoms with Crippen LogP contribution < -0.4 is 0 Å². The molecule has 2 atom stereocenters. The van der Waals surface area contributed by atoms with E-state index < -0.39 is 5.97 Å². The zero-order valence-corrected chi connectivity index (χ0v) is 15.5. The summed E-state index contributed by atoms with van der Waals surface area (Å²) in [7, 11) is 0. The third kappa shape index (κ3) is 3.84. The van der Waals surface area contributed by atoms with Crippen LogP contribution in [0.3, 0.4) is 0 Å². The predicted molar refractivity (Wildman–Crippen MR) is 108 cm³/mol. The van der Waals surface area contributed by atoms with E-state index >= 15 is 0 Å². The number of hydrogen-bond donors (Lipinski definition) is 1. The molecule has 28 heavy (non-hydrogen) atoms. The number of carboxylic acid groups (broad SMARTS) is 1. The number of nitrogens with zero attached hydrogens (tertiary/aromatic N) is 1. The predicted octanol–water partition coefficient (Wildman–Crippen LogP) is 4.30. The zero-order valence-electron chi connectivity index (χ0n) is 15.5. The molecule has 1 aliphatic rings. The van der Waals surface area contributed by atoms with Crippen LogP contribution in [0.2, 0.25) is 0 Å². The van der Waals surface area contributed by atoms with E-state index in [1.165, 1.54) is 0 Å². The fourth-order valence-electron chi connectivity index (χ4n) is 4.01. The molecular weight excluding hydrogens is 350 g/mol. The van der Waals surface area contributed by atoms with Gasteiger partial charge in [0.15, 0.2) is 0 Å². The number of hydrogen-bond acceptors (Lipinski definition) is 3. The quantitative estimate of drug-likeness (QED) is 0.700. The minimum Gasteiger partial charge on any atom is -0.480 e. The van der Waals surface area contributed by atoms with Crippen LogP contribution in [0.5, 0.6) is 0 Å². The van der Waals surface area contributed by atoms with Gasteiger partial charge in [-0.25, -0.2) is 0 Å². The fourth-order valence-corrected chi connectivity index (χ4v) is 4.01. The molecule has 0 aromatic heterocycles. The van der Waals surface area contributed by atoms with Gasteiger partial charge in [-0.2, -0.15) is 0 Å². The van der Waals surface area contributed by atoms with E-state index in [1.807, 2.05) is 71.6 Å². The minimum atomic E-state index is -0.851. The maximum Gasteiger partial charge on any atom is 0.317 e. The van der Waals surface area contributed by atoms with Crippen LogP contribution in [0.1, 0.15) is 28.7 Å². The lowest BCUT2D eigenvalue weighted by atomic mass is 9.89. The van der Waals surface area contributed by atoms with Gasteiger partial charge in [0.25, 0.3) is 0 Å². The molecule has 4 nitrogen and oxygen atoms in total. The van der Waals surface area contributed by atoms with Crippen molar-refractivity contribution in [2.24, 2.45) is 0 Å². The molecule has 1 saturated heterocycles. The molecule has 1 unspecified atom stereocenters. The van der Waals surface area contributed by atoms with Gasteiger partial charge in [0.1, 0.15) is 6.23 Å². The highest BCUT2D eigenvalue weighted by Gasteiger charge is 2.41. The van der Waals surface area contributed by atoms with Gasteiger partial charge in [0.05, 0.1) is 19.2 Å². The molecule has 0 bridgehead atoms. The Hall–Kier alpha value is -2.95. The Bertz CT molecular complexity index is 859. The van der Waals surface area contributed by atoms with Crippen LogP contribution in [0.4, 0.5) is 0 Å². The highest BCUT2D eigenvalue weighted by Crippen LogP contribution is 2.40. The first-order chi connectivity index (χ1) is 13.7. The van der Waals surface area contributed by atoms with E-state index in [-0.39, 0.29) is 24.7 Å². The first-order valence-corrected chi connectivity index (χ1v) is 9.48. The molecule has 3 aromatic carbocycles. The lowest BCUT2D eigenvalue weighted by molar-refractivity contribution is -0.140. The highest BCUT2D eigenvalue weighted by atomic mass is 16.5. The molecule has 1 N–H and O–H groups in total. The second-order valence-corrected chi connectivity index (χ2v) is 7.02. The summed E-state index contributed by atoms with van der Waals surface area (Å²) in [5.41, 5.74) is 3.30. The van der Waals surface area contributed by atoms with E-state index in [2.05, 4.69) is 24.3 Å². The summed E-state index contributed by atoms with van der Waals surface area (Å²) in [5, 5.41) is 9.58. The molecule has 1 heterocycles. The van der Waals surface area contributed by atoms with Gasteiger partial charge in [-0.3, -0.25) is 9.69 Å². The monoisotopic (exact) mass is 373 g/mol. The maximum absolute atomic E-state index is 11.7. The molecular formula is C24H23NO3. The molecule has 0 amide bonds. The van der Waals surface area contributed by atoms with Crippen LogP contribution >= 0.6 is 0 Å². The second kappa shape index (κ2) is 8.38. The number of aliphatic carboxylic acids is 1. The lowest BCUT2D eigenvalue weighted by Crippen LogP contribution is -2.40. The van der Waals surface area contributed by atoms with Crippen molar-refractivity contribution >= 4 is 5.97 Å². The van der Waals surface area contributed by atoms with Crippen molar-refractivity contribution in [3.63, 3.8) is 0 Å². The molecule has 0 aliphatic carbocycles. The van der Waals surface area contributed by atoms with Crippen molar-refractivity contribution in [2.45, 2.75) is 18.2 Å². The number of carbonyl (C=O) groups is 1. The van der Waals surface area contributed by atoms with Gasteiger partial charge in [-0.05, 0) is 16.7 Å². The largest absolute Gasteiger partial charge is 0.480 e. The lowest BCUT2D eigenvalue weighted by Gasteiger charge is -2.32. The van der Waals surface area contributed by atoms with Crippen molar-refractivity contribution in [3.05, 3.63) is 108 Å². The fraction of sp³-hybridized carbons (Fsp3) is 0.208.